The zero-order valence-electron chi connectivity index (χ0n) is 11.0. The maximum Gasteiger partial charge on any atom is 0.240 e. The Kier molecular flexibility index (Phi) is 4.23. The second-order valence-electron chi connectivity index (χ2n) is 4.32. The van der Waals surface area contributed by atoms with Crippen LogP contribution in [0.2, 0.25) is 0 Å². The molecule has 0 radical (unpaired) electrons. The first kappa shape index (κ1) is 14.3. The first-order valence-electron chi connectivity index (χ1n) is 6.06. The maximum atomic E-state index is 12.1. The van der Waals surface area contributed by atoms with Gasteiger partial charge in [-0.05, 0) is 42.8 Å². The van der Waals surface area contributed by atoms with E-state index in [0.717, 1.165) is 5.76 Å². The highest BCUT2D eigenvalue weighted by Crippen LogP contribution is 2.14. The number of hydrogen-bond donors (Lipinski definition) is 1. The fraction of sp³-hybridized carbons (Fsp3) is 0.214. The minimum absolute atomic E-state index is 0.161. The van der Waals surface area contributed by atoms with Crippen molar-refractivity contribution in [2.75, 3.05) is 6.54 Å². The molecule has 0 aliphatic carbocycles. The summed E-state index contributed by atoms with van der Waals surface area (Å²) in [5.41, 5.74) is 1.11. The fourth-order valence-corrected chi connectivity index (χ4v) is 2.89. The van der Waals surface area contributed by atoms with Gasteiger partial charge in [0.2, 0.25) is 10.0 Å². The minimum Gasteiger partial charge on any atom is -0.469 e. The average Bonchev–Trinajstić information content (AvgIpc) is 2.91. The number of hydrogen-bond acceptors (Lipinski definition) is 4. The summed E-state index contributed by atoms with van der Waals surface area (Å²) in [6, 6.07) is 9.99. The summed E-state index contributed by atoms with van der Waals surface area (Å²) >= 11 is 0. The van der Waals surface area contributed by atoms with Crippen molar-refractivity contribution in [1.29, 1.82) is 5.26 Å². The van der Waals surface area contributed by atoms with E-state index in [4.69, 9.17) is 9.68 Å². The Morgan fingerprint density at radius 3 is 2.75 bits per heavy atom. The molecule has 0 unspecified atom stereocenters. The molecule has 0 aliphatic rings. The molecule has 5 nitrogen and oxygen atoms in total. The molecule has 0 amide bonds. The molecule has 2 rings (SSSR count). The normalized spacial score (nSPS) is 11.2. The summed E-state index contributed by atoms with van der Waals surface area (Å²) in [6.45, 7) is 1.97. The summed E-state index contributed by atoms with van der Waals surface area (Å²) in [6.07, 6.45) is 2.04. The van der Waals surface area contributed by atoms with Gasteiger partial charge in [0, 0.05) is 13.0 Å². The number of nitriles is 1. The second-order valence-corrected chi connectivity index (χ2v) is 6.08. The minimum atomic E-state index is -3.56. The quantitative estimate of drug-likeness (QED) is 0.912. The molecule has 1 heterocycles. The van der Waals surface area contributed by atoms with Crippen LogP contribution in [0.25, 0.3) is 0 Å². The molecule has 20 heavy (non-hydrogen) atoms. The van der Waals surface area contributed by atoms with Crippen LogP contribution in [-0.4, -0.2) is 15.0 Å². The molecule has 1 aromatic carbocycles. The van der Waals surface area contributed by atoms with E-state index in [1.54, 1.807) is 25.3 Å². The standard InChI is InChI=1S/C14H14N2O3S/c1-11-9-14(5-4-12(11)10-15)20(17,18)16-7-6-13-3-2-8-19-13/h2-5,8-9,16H,6-7H2,1H3. The van der Waals surface area contributed by atoms with Crippen molar-refractivity contribution >= 4 is 10.0 Å². The van der Waals surface area contributed by atoms with E-state index in [2.05, 4.69) is 4.72 Å². The fourth-order valence-electron chi connectivity index (χ4n) is 1.78. The average molecular weight is 290 g/mol. The Balaban J connectivity index is 2.06. The zero-order valence-corrected chi connectivity index (χ0v) is 11.8. The van der Waals surface area contributed by atoms with Gasteiger partial charge in [0.05, 0.1) is 22.8 Å². The van der Waals surface area contributed by atoms with E-state index in [0.29, 0.717) is 17.5 Å². The first-order chi connectivity index (χ1) is 9.53. The zero-order chi connectivity index (χ0) is 14.6. The van der Waals surface area contributed by atoms with Gasteiger partial charge >= 0.3 is 0 Å². The molecule has 0 atom stereocenters. The summed E-state index contributed by atoms with van der Waals surface area (Å²) in [5, 5.41) is 8.83. The Bertz CT molecular complexity index is 728. The highest BCUT2D eigenvalue weighted by Gasteiger charge is 2.14. The van der Waals surface area contributed by atoms with Crippen molar-refractivity contribution in [1.82, 2.24) is 4.72 Å². The van der Waals surface area contributed by atoms with Crippen LogP contribution in [0.3, 0.4) is 0 Å². The molecular formula is C14H14N2O3S. The molecule has 0 bridgehead atoms. The summed E-state index contributed by atoms with van der Waals surface area (Å²) < 4.78 is 31.8. The van der Waals surface area contributed by atoms with E-state index >= 15 is 0 Å². The van der Waals surface area contributed by atoms with Gasteiger partial charge in [-0.15, -0.1) is 0 Å². The maximum absolute atomic E-state index is 12.1. The van der Waals surface area contributed by atoms with Crippen LogP contribution in [0.1, 0.15) is 16.9 Å². The molecule has 104 valence electrons. The predicted molar refractivity (Wildman–Crippen MR) is 73.5 cm³/mol. The number of nitrogens with zero attached hydrogens (tertiary/aromatic N) is 1. The highest BCUT2D eigenvalue weighted by molar-refractivity contribution is 7.89. The molecule has 0 aliphatic heterocycles. The SMILES string of the molecule is Cc1cc(S(=O)(=O)NCCc2ccco2)ccc1C#N. The third-order valence-electron chi connectivity index (χ3n) is 2.87. The van der Waals surface area contributed by atoms with Crippen molar-refractivity contribution in [3.63, 3.8) is 0 Å². The van der Waals surface area contributed by atoms with Crippen LogP contribution >= 0.6 is 0 Å². The van der Waals surface area contributed by atoms with Gasteiger partial charge in [0.25, 0.3) is 0 Å². The molecule has 2 aromatic rings. The summed E-state index contributed by atoms with van der Waals surface area (Å²) in [5.74, 6) is 0.726. The van der Waals surface area contributed by atoms with Crippen LogP contribution < -0.4 is 4.72 Å². The van der Waals surface area contributed by atoms with Crippen LogP contribution in [0.15, 0.2) is 45.9 Å². The van der Waals surface area contributed by atoms with E-state index < -0.39 is 10.0 Å². The topological polar surface area (TPSA) is 83.1 Å². The van der Waals surface area contributed by atoms with Crippen LogP contribution in [-0.2, 0) is 16.4 Å². The third kappa shape index (κ3) is 3.26. The summed E-state index contributed by atoms with van der Waals surface area (Å²) in [4.78, 5) is 0.161. The Labute approximate surface area is 117 Å². The van der Waals surface area contributed by atoms with Gasteiger partial charge in [0.1, 0.15) is 5.76 Å². The van der Waals surface area contributed by atoms with Crippen LogP contribution in [0.4, 0.5) is 0 Å². The van der Waals surface area contributed by atoms with Crippen molar-refractivity contribution in [2.45, 2.75) is 18.2 Å². The number of rotatable bonds is 5. The van der Waals surface area contributed by atoms with Crippen molar-refractivity contribution in [3.8, 4) is 6.07 Å². The van der Waals surface area contributed by atoms with Gasteiger partial charge in [0.15, 0.2) is 0 Å². The number of furan rings is 1. The van der Waals surface area contributed by atoms with E-state index in [9.17, 15) is 8.42 Å². The van der Waals surface area contributed by atoms with E-state index in [-0.39, 0.29) is 11.4 Å². The predicted octanol–water partition coefficient (Wildman–Crippen LogP) is 1.98. The van der Waals surface area contributed by atoms with Gasteiger partial charge in [-0.25, -0.2) is 13.1 Å². The molecule has 0 saturated carbocycles. The van der Waals surface area contributed by atoms with E-state index in [1.807, 2.05) is 6.07 Å². The summed E-state index contributed by atoms with van der Waals surface area (Å²) in [7, 11) is -3.56. The molecule has 1 N–H and O–H groups in total. The van der Waals surface area contributed by atoms with Crippen molar-refractivity contribution < 1.29 is 12.8 Å². The molecular weight excluding hydrogens is 276 g/mol. The highest BCUT2D eigenvalue weighted by atomic mass is 32.2. The lowest BCUT2D eigenvalue weighted by Crippen LogP contribution is -2.26. The van der Waals surface area contributed by atoms with Gasteiger partial charge in [-0.1, -0.05) is 0 Å². The first-order valence-corrected chi connectivity index (χ1v) is 7.54. The van der Waals surface area contributed by atoms with Crippen LogP contribution in [0, 0.1) is 18.3 Å². The number of sulfonamides is 1. The molecule has 1 aromatic heterocycles. The monoisotopic (exact) mass is 290 g/mol. The van der Waals surface area contributed by atoms with Crippen LogP contribution in [0.5, 0.6) is 0 Å². The smallest absolute Gasteiger partial charge is 0.240 e. The van der Waals surface area contributed by atoms with E-state index in [1.165, 1.54) is 18.2 Å². The largest absolute Gasteiger partial charge is 0.469 e. The van der Waals surface area contributed by atoms with Gasteiger partial charge in [-0.2, -0.15) is 5.26 Å². The second kappa shape index (κ2) is 5.90. The molecule has 6 heteroatoms. The van der Waals surface area contributed by atoms with Crippen molar-refractivity contribution in [2.24, 2.45) is 0 Å². The molecule has 0 saturated heterocycles. The van der Waals surface area contributed by atoms with Crippen molar-refractivity contribution in [3.05, 3.63) is 53.5 Å². The lowest BCUT2D eigenvalue weighted by molar-refractivity contribution is 0.506. The number of benzene rings is 1. The van der Waals surface area contributed by atoms with Gasteiger partial charge in [-0.3, -0.25) is 0 Å². The Hall–Kier alpha value is -2.10. The third-order valence-corrected chi connectivity index (χ3v) is 4.33. The molecule has 0 spiro atoms. The lowest BCUT2D eigenvalue weighted by Gasteiger charge is -2.07. The molecule has 0 fully saturated rings. The number of nitrogens with one attached hydrogen (secondary N) is 1. The Morgan fingerprint density at radius 2 is 2.15 bits per heavy atom. The Morgan fingerprint density at radius 1 is 1.35 bits per heavy atom. The lowest BCUT2D eigenvalue weighted by atomic mass is 10.1. The van der Waals surface area contributed by atoms with Gasteiger partial charge < -0.3 is 4.42 Å². The number of aryl methyl sites for hydroxylation is 1.